The molecular weight excluding hydrogens is 320 g/mol. The van der Waals surface area contributed by atoms with Crippen LogP contribution in [-0.2, 0) is 4.79 Å². The minimum atomic E-state index is -0.743. The molecule has 1 aliphatic rings. The number of nitrogens with two attached hydrogens (primary N) is 1. The Kier molecular flexibility index (Phi) is 4.92. The van der Waals surface area contributed by atoms with E-state index in [4.69, 9.17) is 10.2 Å². The number of rotatable bonds is 4. The predicted molar refractivity (Wildman–Crippen MR) is 95.1 cm³/mol. The van der Waals surface area contributed by atoms with Gasteiger partial charge in [-0.05, 0) is 44.9 Å². The van der Waals surface area contributed by atoms with E-state index in [0.717, 1.165) is 36.1 Å². The second-order valence-electron chi connectivity index (χ2n) is 6.66. The zero-order chi connectivity index (χ0) is 18.0. The first-order valence-electron chi connectivity index (χ1n) is 8.72. The molecule has 1 unspecified atom stereocenters. The van der Waals surface area contributed by atoms with E-state index in [1.165, 1.54) is 12.5 Å². The summed E-state index contributed by atoms with van der Waals surface area (Å²) in [5.41, 5.74) is 5.84. The van der Waals surface area contributed by atoms with E-state index in [0.29, 0.717) is 11.5 Å². The fraction of sp³-hybridized carbons (Fsp3) is 0.500. The number of carbonyl (C=O) groups is 1. The molecule has 7 nitrogen and oxygen atoms in total. The number of aromatic nitrogens is 2. The normalized spacial score (nSPS) is 16.6. The maximum atomic E-state index is 12.6. The van der Waals surface area contributed by atoms with Gasteiger partial charge in [-0.2, -0.15) is 5.10 Å². The number of nitrogens with one attached hydrogen (secondary N) is 1. The van der Waals surface area contributed by atoms with Gasteiger partial charge in [-0.1, -0.05) is 19.3 Å². The lowest BCUT2D eigenvalue weighted by Gasteiger charge is -2.24. The van der Waals surface area contributed by atoms with Crippen molar-refractivity contribution in [3.05, 3.63) is 34.3 Å². The maximum absolute atomic E-state index is 12.6. The van der Waals surface area contributed by atoms with E-state index < -0.39 is 11.6 Å². The lowest BCUT2D eigenvalue weighted by Crippen LogP contribution is -2.43. The summed E-state index contributed by atoms with van der Waals surface area (Å²) >= 11 is 0. The van der Waals surface area contributed by atoms with Crippen LogP contribution in [0.15, 0.2) is 27.4 Å². The number of hydrogen-bond donors (Lipinski definition) is 2. The van der Waals surface area contributed by atoms with Crippen molar-refractivity contribution in [2.24, 2.45) is 0 Å². The minimum absolute atomic E-state index is 0.0383. The molecule has 0 radical (unpaired) electrons. The number of hydrogen-bond acceptors (Lipinski definition) is 5. The molecule has 3 N–H and O–H groups in total. The summed E-state index contributed by atoms with van der Waals surface area (Å²) in [6, 6.07) is 4.48. The van der Waals surface area contributed by atoms with E-state index in [-0.39, 0.29) is 17.6 Å². The van der Waals surface area contributed by atoms with Gasteiger partial charge < -0.3 is 15.5 Å². The van der Waals surface area contributed by atoms with Crippen molar-refractivity contribution in [3.63, 3.8) is 0 Å². The molecule has 0 aliphatic heterocycles. The molecule has 2 aromatic rings. The summed E-state index contributed by atoms with van der Waals surface area (Å²) in [4.78, 5) is 24.9. The molecule has 2 aromatic heterocycles. The number of nitrogens with zero attached hydrogens (tertiary/aromatic N) is 2. The van der Waals surface area contributed by atoms with Gasteiger partial charge in [-0.3, -0.25) is 9.59 Å². The first-order chi connectivity index (χ1) is 12.0. The van der Waals surface area contributed by atoms with Crippen molar-refractivity contribution in [1.29, 1.82) is 0 Å². The van der Waals surface area contributed by atoms with Gasteiger partial charge in [0.15, 0.2) is 5.76 Å². The van der Waals surface area contributed by atoms with Gasteiger partial charge in [0.05, 0.1) is 0 Å². The van der Waals surface area contributed by atoms with Crippen LogP contribution >= 0.6 is 0 Å². The van der Waals surface area contributed by atoms with Crippen molar-refractivity contribution in [3.8, 4) is 11.5 Å². The molecule has 25 heavy (non-hydrogen) atoms. The fourth-order valence-corrected chi connectivity index (χ4v) is 3.17. The summed E-state index contributed by atoms with van der Waals surface area (Å²) in [7, 11) is 0. The predicted octanol–water partition coefficient (Wildman–Crippen LogP) is 2.40. The summed E-state index contributed by atoms with van der Waals surface area (Å²) in [5.74, 6) is 1.03. The van der Waals surface area contributed by atoms with E-state index in [2.05, 4.69) is 10.4 Å². The standard InChI is InChI=1S/C18H24N4O3/c1-11-8-9-16(25-11)15-10-14(19)18(24)22(21-15)12(2)17(23)20-13-6-4-3-5-7-13/h8-10,12-13H,3-7,19H2,1-2H3,(H,20,23). The second kappa shape index (κ2) is 7.13. The fourth-order valence-electron chi connectivity index (χ4n) is 3.17. The van der Waals surface area contributed by atoms with Crippen LogP contribution in [0.1, 0.15) is 50.8 Å². The quantitative estimate of drug-likeness (QED) is 0.886. The Morgan fingerprint density at radius 1 is 1.36 bits per heavy atom. The first-order valence-corrected chi connectivity index (χ1v) is 8.72. The Morgan fingerprint density at radius 3 is 2.72 bits per heavy atom. The van der Waals surface area contributed by atoms with Crippen LogP contribution in [0.3, 0.4) is 0 Å². The molecule has 0 saturated heterocycles. The van der Waals surface area contributed by atoms with E-state index in [9.17, 15) is 9.59 Å². The highest BCUT2D eigenvalue weighted by Gasteiger charge is 2.23. The van der Waals surface area contributed by atoms with E-state index in [1.807, 2.05) is 13.0 Å². The molecule has 1 amide bonds. The van der Waals surface area contributed by atoms with Gasteiger partial charge in [-0.25, -0.2) is 4.68 Å². The van der Waals surface area contributed by atoms with Gasteiger partial charge in [0.1, 0.15) is 23.2 Å². The van der Waals surface area contributed by atoms with Crippen LogP contribution in [0.25, 0.3) is 11.5 Å². The molecule has 2 heterocycles. The molecule has 0 bridgehead atoms. The summed E-state index contributed by atoms with van der Waals surface area (Å²) in [5, 5.41) is 7.32. The molecule has 1 saturated carbocycles. The van der Waals surface area contributed by atoms with Crippen LogP contribution in [0.5, 0.6) is 0 Å². The highest BCUT2D eigenvalue weighted by atomic mass is 16.3. The number of carbonyl (C=O) groups excluding carboxylic acids is 1. The molecule has 0 spiro atoms. The number of amides is 1. The van der Waals surface area contributed by atoms with Crippen molar-refractivity contribution in [2.75, 3.05) is 5.73 Å². The second-order valence-corrected chi connectivity index (χ2v) is 6.66. The smallest absolute Gasteiger partial charge is 0.290 e. The van der Waals surface area contributed by atoms with Gasteiger partial charge in [0.25, 0.3) is 5.56 Å². The van der Waals surface area contributed by atoms with Crippen LogP contribution in [0.2, 0.25) is 0 Å². The molecule has 0 aromatic carbocycles. The average Bonchev–Trinajstić information content (AvgIpc) is 3.04. The van der Waals surface area contributed by atoms with E-state index >= 15 is 0 Å². The molecule has 3 rings (SSSR count). The van der Waals surface area contributed by atoms with Gasteiger partial charge >= 0.3 is 0 Å². The SMILES string of the molecule is Cc1ccc(-c2cc(N)c(=O)n(C(C)C(=O)NC3CCCCC3)n2)o1. The topological polar surface area (TPSA) is 103 Å². The Morgan fingerprint density at radius 2 is 2.08 bits per heavy atom. The summed E-state index contributed by atoms with van der Waals surface area (Å²) < 4.78 is 6.69. The highest BCUT2D eigenvalue weighted by molar-refractivity contribution is 5.80. The average molecular weight is 344 g/mol. The Labute approximate surface area is 146 Å². The third-order valence-electron chi connectivity index (χ3n) is 4.65. The van der Waals surface area contributed by atoms with Crippen LogP contribution < -0.4 is 16.6 Å². The molecule has 134 valence electrons. The zero-order valence-electron chi connectivity index (χ0n) is 14.6. The zero-order valence-corrected chi connectivity index (χ0v) is 14.6. The molecule has 1 aliphatic carbocycles. The Hall–Kier alpha value is -2.57. The van der Waals surface area contributed by atoms with Crippen molar-refractivity contribution in [2.45, 2.75) is 58.0 Å². The van der Waals surface area contributed by atoms with Crippen LogP contribution in [0.4, 0.5) is 5.69 Å². The Balaban J connectivity index is 1.85. The summed E-state index contributed by atoms with van der Waals surface area (Å²) in [6.07, 6.45) is 5.42. The lowest BCUT2D eigenvalue weighted by atomic mass is 9.95. The minimum Gasteiger partial charge on any atom is -0.460 e. The van der Waals surface area contributed by atoms with Crippen LogP contribution in [0, 0.1) is 6.92 Å². The van der Waals surface area contributed by atoms with Gasteiger partial charge in [0.2, 0.25) is 5.91 Å². The van der Waals surface area contributed by atoms with Crippen molar-refractivity contribution < 1.29 is 9.21 Å². The number of furan rings is 1. The van der Waals surface area contributed by atoms with Crippen LogP contribution in [-0.4, -0.2) is 21.7 Å². The third-order valence-corrected chi connectivity index (χ3v) is 4.65. The Bertz CT molecular complexity index is 818. The first kappa shape index (κ1) is 17.3. The number of nitrogen functional groups attached to an aromatic ring is 1. The van der Waals surface area contributed by atoms with Crippen molar-refractivity contribution in [1.82, 2.24) is 15.1 Å². The summed E-state index contributed by atoms with van der Waals surface area (Å²) in [6.45, 7) is 3.48. The third kappa shape index (κ3) is 3.75. The highest BCUT2D eigenvalue weighted by Crippen LogP contribution is 2.21. The number of anilines is 1. The molecule has 1 atom stereocenters. The molecule has 7 heteroatoms. The molecule has 1 fully saturated rings. The lowest BCUT2D eigenvalue weighted by molar-refractivity contribution is -0.125. The molecular formula is C18H24N4O3. The maximum Gasteiger partial charge on any atom is 0.290 e. The van der Waals surface area contributed by atoms with Gasteiger partial charge in [-0.15, -0.1) is 0 Å². The van der Waals surface area contributed by atoms with Gasteiger partial charge in [0, 0.05) is 6.04 Å². The van der Waals surface area contributed by atoms with Crippen molar-refractivity contribution >= 4 is 11.6 Å². The largest absolute Gasteiger partial charge is 0.460 e. The number of aryl methyl sites for hydroxylation is 1. The van der Waals surface area contributed by atoms with E-state index in [1.54, 1.807) is 13.0 Å². The monoisotopic (exact) mass is 344 g/mol.